The molecule has 1 amide bonds. The average molecular weight is 238 g/mol. The van der Waals surface area contributed by atoms with Gasteiger partial charge in [0.05, 0.1) is 18.0 Å². The third kappa shape index (κ3) is 2.85. The summed E-state index contributed by atoms with van der Waals surface area (Å²) in [7, 11) is 0. The first-order valence-corrected chi connectivity index (χ1v) is 5.49. The Bertz CT molecular complexity index is 400. The van der Waals surface area contributed by atoms with Crippen LogP contribution in [-0.2, 0) is 6.42 Å². The van der Waals surface area contributed by atoms with Gasteiger partial charge in [-0.2, -0.15) is 5.10 Å². The van der Waals surface area contributed by atoms with Crippen LogP contribution in [0.3, 0.4) is 0 Å². The quantitative estimate of drug-likeness (QED) is 0.616. The zero-order valence-electron chi connectivity index (χ0n) is 9.94. The molecule has 0 saturated carbocycles. The van der Waals surface area contributed by atoms with Crippen LogP contribution in [0.2, 0.25) is 0 Å². The van der Waals surface area contributed by atoms with Crippen molar-refractivity contribution < 1.29 is 9.90 Å². The number of nitrogens with zero attached hydrogens (tertiary/aromatic N) is 2. The van der Waals surface area contributed by atoms with Gasteiger partial charge in [-0.05, 0) is 6.42 Å². The lowest BCUT2D eigenvalue weighted by Crippen LogP contribution is -2.34. The van der Waals surface area contributed by atoms with Crippen LogP contribution < -0.4 is 5.73 Å². The number of carbonyl (C=O) groups excluding carboxylic acids is 1. The molecule has 6 heteroatoms. The Morgan fingerprint density at radius 1 is 1.71 bits per heavy atom. The number of rotatable bonds is 6. The molecule has 1 aromatic heterocycles. The molecule has 0 fully saturated rings. The highest BCUT2D eigenvalue weighted by molar-refractivity contribution is 5.97. The Kier molecular flexibility index (Phi) is 4.71. The average Bonchev–Trinajstić information content (AvgIpc) is 2.69. The standard InChI is InChI=1S/C11H18N4O2/c1-3-5-15(6-7-16)11(17)10-9(12)8(4-2)13-14-10/h3,16H,1,4-7,12H2,2H3,(H,13,14). The molecule has 94 valence electrons. The summed E-state index contributed by atoms with van der Waals surface area (Å²) in [6, 6.07) is 0. The molecular formula is C11H18N4O2. The van der Waals surface area contributed by atoms with Gasteiger partial charge in [0.2, 0.25) is 0 Å². The van der Waals surface area contributed by atoms with E-state index in [4.69, 9.17) is 10.8 Å². The van der Waals surface area contributed by atoms with E-state index < -0.39 is 0 Å². The van der Waals surface area contributed by atoms with Crippen LogP contribution in [-0.4, -0.2) is 45.8 Å². The molecule has 1 heterocycles. The number of anilines is 1. The monoisotopic (exact) mass is 238 g/mol. The van der Waals surface area contributed by atoms with E-state index in [1.165, 1.54) is 4.90 Å². The second kappa shape index (κ2) is 6.05. The van der Waals surface area contributed by atoms with Crippen molar-refractivity contribution in [3.8, 4) is 0 Å². The number of aromatic amines is 1. The number of aryl methyl sites for hydroxylation is 1. The predicted molar refractivity (Wildman–Crippen MR) is 65.6 cm³/mol. The maximum absolute atomic E-state index is 12.1. The van der Waals surface area contributed by atoms with Crippen molar-refractivity contribution in [1.29, 1.82) is 0 Å². The number of amides is 1. The minimum absolute atomic E-state index is 0.107. The SMILES string of the molecule is C=CCN(CCO)C(=O)c1n[nH]c(CC)c1N. The van der Waals surface area contributed by atoms with Gasteiger partial charge in [0.25, 0.3) is 5.91 Å². The molecule has 0 spiro atoms. The highest BCUT2D eigenvalue weighted by Crippen LogP contribution is 2.16. The maximum atomic E-state index is 12.1. The minimum atomic E-state index is -0.299. The van der Waals surface area contributed by atoms with Crippen molar-refractivity contribution in [3.63, 3.8) is 0 Å². The van der Waals surface area contributed by atoms with Crippen LogP contribution in [0, 0.1) is 0 Å². The lowest BCUT2D eigenvalue weighted by Gasteiger charge is -2.18. The lowest BCUT2D eigenvalue weighted by atomic mass is 10.2. The van der Waals surface area contributed by atoms with Crippen molar-refractivity contribution in [2.24, 2.45) is 0 Å². The number of nitrogens with one attached hydrogen (secondary N) is 1. The zero-order valence-corrected chi connectivity index (χ0v) is 9.94. The van der Waals surface area contributed by atoms with Crippen LogP contribution in [0.15, 0.2) is 12.7 Å². The predicted octanol–water partition coefficient (Wildman–Crippen LogP) is 0.175. The number of hydrogen-bond acceptors (Lipinski definition) is 4. The Balaban J connectivity index is 2.92. The van der Waals surface area contributed by atoms with Gasteiger partial charge in [0, 0.05) is 13.1 Å². The van der Waals surface area contributed by atoms with Crippen molar-refractivity contribution in [2.75, 3.05) is 25.4 Å². The number of H-pyrrole nitrogens is 1. The highest BCUT2D eigenvalue weighted by Gasteiger charge is 2.21. The number of hydrogen-bond donors (Lipinski definition) is 3. The van der Waals surface area contributed by atoms with Gasteiger partial charge in [-0.1, -0.05) is 13.0 Å². The molecule has 1 rings (SSSR count). The summed E-state index contributed by atoms with van der Waals surface area (Å²) < 4.78 is 0. The van der Waals surface area contributed by atoms with E-state index in [1.807, 2.05) is 6.92 Å². The molecule has 0 bridgehead atoms. The summed E-state index contributed by atoms with van der Waals surface area (Å²) in [6.07, 6.45) is 2.28. The summed E-state index contributed by atoms with van der Waals surface area (Å²) >= 11 is 0. The molecular weight excluding hydrogens is 220 g/mol. The number of aromatic nitrogens is 2. The molecule has 0 atom stereocenters. The second-order valence-corrected chi connectivity index (χ2v) is 3.58. The van der Waals surface area contributed by atoms with Crippen LogP contribution in [0.25, 0.3) is 0 Å². The molecule has 1 aromatic rings. The molecule has 0 aliphatic rings. The highest BCUT2D eigenvalue weighted by atomic mass is 16.3. The topological polar surface area (TPSA) is 95.2 Å². The van der Waals surface area contributed by atoms with Gasteiger partial charge >= 0.3 is 0 Å². The number of aliphatic hydroxyl groups excluding tert-OH is 1. The van der Waals surface area contributed by atoms with Crippen molar-refractivity contribution in [2.45, 2.75) is 13.3 Å². The third-order valence-electron chi connectivity index (χ3n) is 2.45. The van der Waals surface area contributed by atoms with Crippen molar-refractivity contribution in [3.05, 3.63) is 24.0 Å². The van der Waals surface area contributed by atoms with Crippen LogP contribution in [0.1, 0.15) is 23.1 Å². The van der Waals surface area contributed by atoms with Crippen molar-refractivity contribution >= 4 is 11.6 Å². The molecule has 0 unspecified atom stereocenters. The van der Waals surface area contributed by atoms with E-state index in [1.54, 1.807) is 6.08 Å². The minimum Gasteiger partial charge on any atom is -0.395 e. The molecule has 0 aliphatic carbocycles. The summed E-state index contributed by atoms with van der Waals surface area (Å²) in [5, 5.41) is 15.5. The Labute approximate surface area is 100 Å². The van der Waals surface area contributed by atoms with E-state index in [0.717, 1.165) is 5.69 Å². The Morgan fingerprint density at radius 3 is 2.88 bits per heavy atom. The third-order valence-corrected chi connectivity index (χ3v) is 2.45. The molecule has 0 aromatic carbocycles. The molecule has 4 N–H and O–H groups in total. The van der Waals surface area contributed by atoms with E-state index in [0.29, 0.717) is 18.7 Å². The number of aliphatic hydroxyl groups is 1. The normalized spacial score (nSPS) is 10.2. The lowest BCUT2D eigenvalue weighted by molar-refractivity contribution is 0.0738. The molecule has 0 radical (unpaired) electrons. The second-order valence-electron chi connectivity index (χ2n) is 3.58. The first kappa shape index (κ1) is 13.2. The zero-order chi connectivity index (χ0) is 12.8. The Morgan fingerprint density at radius 2 is 2.41 bits per heavy atom. The molecule has 0 saturated heterocycles. The van der Waals surface area contributed by atoms with Crippen LogP contribution in [0.5, 0.6) is 0 Å². The van der Waals surface area contributed by atoms with Gasteiger partial charge in [-0.25, -0.2) is 0 Å². The smallest absolute Gasteiger partial charge is 0.276 e. The van der Waals surface area contributed by atoms with E-state index >= 15 is 0 Å². The molecule has 6 nitrogen and oxygen atoms in total. The fourth-order valence-corrected chi connectivity index (χ4v) is 1.52. The number of nitrogen functional groups attached to an aromatic ring is 1. The van der Waals surface area contributed by atoms with Gasteiger partial charge in [-0.3, -0.25) is 9.89 Å². The van der Waals surface area contributed by atoms with E-state index in [-0.39, 0.29) is 24.8 Å². The molecule has 0 aliphatic heterocycles. The fraction of sp³-hybridized carbons (Fsp3) is 0.455. The summed E-state index contributed by atoms with van der Waals surface area (Å²) in [5.74, 6) is -0.299. The van der Waals surface area contributed by atoms with Crippen LogP contribution >= 0.6 is 0 Å². The molecule has 17 heavy (non-hydrogen) atoms. The van der Waals surface area contributed by atoms with E-state index in [2.05, 4.69) is 16.8 Å². The Hall–Kier alpha value is -1.82. The van der Waals surface area contributed by atoms with Gasteiger partial charge < -0.3 is 15.7 Å². The van der Waals surface area contributed by atoms with Gasteiger partial charge in [0.15, 0.2) is 5.69 Å². The van der Waals surface area contributed by atoms with Gasteiger partial charge in [-0.15, -0.1) is 6.58 Å². The maximum Gasteiger partial charge on any atom is 0.276 e. The van der Waals surface area contributed by atoms with Crippen LogP contribution in [0.4, 0.5) is 5.69 Å². The largest absolute Gasteiger partial charge is 0.395 e. The van der Waals surface area contributed by atoms with Crippen molar-refractivity contribution in [1.82, 2.24) is 15.1 Å². The number of nitrogens with two attached hydrogens (primary N) is 1. The first-order valence-electron chi connectivity index (χ1n) is 5.49. The van der Waals surface area contributed by atoms with Gasteiger partial charge in [0.1, 0.15) is 0 Å². The summed E-state index contributed by atoms with van der Waals surface area (Å²) in [4.78, 5) is 13.5. The number of carbonyl (C=O) groups is 1. The fourth-order valence-electron chi connectivity index (χ4n) is 1.52. The first-order chi connectivity index (χ1) is 8.15. The van der Waals surface area contributed by atoms with E-state index in [9.17, 15) is 4.79 Å². The summed E-state index contributed by atoms with van der Waals surface area (Å²) in [6.45, 7) is 5.97. The summed E-state index contributed by atoms with van der Waals surface area (Å²) in [5.41, 5.74) is 7.15.